The number of carbonyl (C=O) groups excluding carboxylic acids is 1. The highest BCUT2D eigenvalue weighted by molar-refractivity contribution is 7.81. The van der Waals surface area contributed by atoms with Gasteiger partial charge in [0.05, 0.1) is 6.54 Å². The van der Waals surface area contributed by atoms with E-state index in [4.69, 9.17) is 0 Å². The molecule has 0 saturated heterocycles. The summed E-state index contributed by atoms with van der Waals surface area (Å²) in [7, 11) is 0. The van der Waals surface area contributed by atoms with E-state index in [9.17, 15) is 14.7 Å². The molecule has 1 aliphatic heterocycles. The maximum atomic E-state index is 12.8. The molecule has 3 aromatic carbocycles. The average molecular weight is 461 g/mol. The number of rotatable bonds is 7. The number of carbonyl (C=O) groups is 2. The van der Waals surface area contributed by atoms with Crippen molar-refractivity contribution in [2.75, 3.05) is 23.7 Å². The first-order valence-corrected chi connectivity index (χ1v) is 11.1. The van der Waals surface area contributed by atoms with Crippen molar-refractivity contribution in [3.63, 3.8) is 0 Å². The Hall–Kier alpha value is -3.78. The zero-order chi connectivity index (χ0) is 23.2. The van der Waals surface area contributed by atoms with Crippen LogP contribution in [0.4, 0.5) is 11.4 Å². The van der Waals surface area contributed by atoms with Crippen LogP contribution >= 0.6 is 12.6 Å². The fourth-order valence-electron chi connectivity index (χ4n) is 3.69. The summed E-state index contributed by atoms with van der Waals surface area (Å²) < 4.78 is 0. The predicted octanol–water partition coefficient (Wildman–Crippen LogP) is 3.82. The van der Waals surface area contributed by atoms with Crippen LogP contribution in [0.15, 0.2) is 83.9 Å². The topological polar surface area (TPSA) is 103 Å². The highest BCUT2D eigenvalue weighted by Gasteiger charge is 2.27. The minimum absolute atomic E-state index is 0.245. The number of carboxylic acid groups (broad SMARTS) is 1. The molecule has 0 spiro atoms. The highest BCUT2D eigenvalue weighted by Crippen LogP contribution is 2.32. The molecule has 168 valence electrons. The molecule has 0 fully saturated rings. The first kappa shape index (κ1) is 22.4. The Morgan fingerprint density at radius 2 is 1.67 bits per heavy atom. The Morgan fingerprint density at radius 3 is 2.33 bits per heavy atom. The van der Waals surface area contributed by atoms with Gasteiger partial charge in [-0.25, -0.2) is 0 Å². The second-order valence-corrected chi connectivity index (χ2v) is 8.17. The van der Waals surface area contributed by atoms with E-state index < -0.39 is 17.1 Å². The molecular weight excluding hydrogens is 436 g/mol. The van der Waals surface area contributed by atoms with Gasteiger partial charge < -0.3 is 21.1 Å². The van der Waals surface area contributed by atoms with E-state index in [1.54, 1.807) is 30.3 Å². The molecule has 0 aliphatic carbocycles. The number of amides is 1. The van der Waals surface area contributed by atoms with Gasteiger partial charge in [0.25, 0.3) is 5.91 Å². The van der Waals surface area contributed by atoms with E-state index in [2.05, 4.69) is 33.6 Å². The zero-order valence-corrected chi connectivity index (χ0v) is 18.6. The Balaban J connectivity index is 1.49. The Morgan fingerprint density at radius 1 is 0.939 bits per heavy atom. The molecule has 0 bridgehead atoms. The zero-order valence-electron chi connectivity index (χ0n) is 17.7. The molecule has 2 atom stereocenters. The molecule has 0 radical (unpaired) electrons. The molecule has 1 unspecified atom stereocenters. The van der Waals surface area contributed by atoms with Gasteiger partial charge in [0.2, 0.25) is 0 Å². The molecule has 7 nitrogen and oxygen atoms in total. The van der Waals surface area contributed by atoms with Crippen LogP contribution < -0.4 is 16.0 Å². The molecular formula is C25H24N4O3S. The number of hydrogen-bond donors (Lipinski definition) is 5. The fourth-order valence-corrected chi connectivity index (χ4v) is 4.04. The summed E-state index contributed by atoms with van der Waals surface area (Å²) in [5.74, 6) is -0.964. The van der Waals surface area contributed by atoms with E-state index in [0.29, 0.717) is 17.2 Å². The Labute approximate surface area is 197 Å². The standard InChI is InChI=1S/C25H24N4O3S/c30-23(18-7-4-8-20(15-18)29-25-26-13-14-27-25)28-19-11-9-17(10-12-19)21(22(33)24(31)32)16-5-2-1-3-6-16/h1-12,15,21-22,33H,13-14H2,(H,28,30)(H,31,32)(H2,26,27,29)/t21?,22-/m0/s1. The van der Waals surface area contributed by atoms with Crippen molar-refractivity contribution in [1.82, 2.24) is 5.32 Å². The molecule has 3 aromatic rings. The number of benzene rings is 3. The SMILES string of the molecule is O=C(Nc1ccc(C(c2ccccc2)[C@H](S)C(=O)O)cc1)c1cccc(NC2=NCCN2)c1. The van der Waals surface area contributed by atoms with Gasteiger partial charge in [-0.15, -0.1) is 0 Å². The second-order valence-electron chi connectivity index (χ2n) is 7.61. The summed E-state index contributed by atoms with van der Waals surface area (Å²) in [6, 6.07) is 23.8. The van der Waals surface area contributed by atoms with Crippen molar-refractivity contribution in [3.8, 4) is 0 Å². The van der Waals surface area contributed by atoms with Gasteiger partial charge in [-0.3, -0.25) is 14.6 Å². The lowest BCUT2D eigenvalue weighted by Gasteiger charge is -2.21. The van der Waals surface area contributed by atoms with Gasteiger partial charge >= 0.3 is 5.97 Å². The van der Waals surface area contributed by atoms with Crippen LogP contribution in [0, 0.1) is 0 Å². The van der Waals surface area contributed by atoms with Gasteiger partial charge in [-0.2, -0.15) is 12.6 Å². The van der Waals surface area contributed by atoms with E-state index in [0.717, 1.165) is 29.9 Å². The number of nitrogens with one attached hydrogen (secondary N) is 3. The first-order chi connectivity index (χ1) is 16.0. The van der Waals surface area contributed by atoms with Gasteiger partial charge in [0.1, 0.15) is 5.25 Å². The smallest absolute Gasteiger partial charge is 0.317 e. The van der Waals surface area contributed by atoms with Crippen LogP contribution in [0.2, 0.25) is 0 Å². The Kier molecular flexibility index (Phi) is 6.95. The first-order valence-electron chi connectivity index (χ1n) is 10.5. The van der Waals surface area contributed by atoms with Crippen molar-refractivity contribution in [2.45, 2.75) is 11.2 Å². The molecule has 1 amide bonds. The average Bonchev–Trinajstić information content (AvgIpc) is 3.34. The normalized spacial score (nSPS) is 14.5. The quantitative estimate of drug-likeness (QED) is 0.345. The van der Waals surface area contributed by atoms with Crippen molar-refractivity contribution in [1.29, 1.82) is 0 Å². The van der Waals surface area contributed by atoms with Crippen LogP contribution in [0.5, 0.6) is 0 Å². The van der Waals surface area contributed by atoms with E-state index in [1.165, 1.54) is 0 Å². The number of guanidine groups is 1. The van der Waals surface area contributed by atoms with E-state index in [1.807, 2.05) is 48.5 Å². The van der Waals surface area contributed by atoms with E-state index in [-0.39, 0.29) is 5.91 Å². The lowest BCUT2D eigenvalue weighted by atomic mass is 9.88. The molecule has 0 aromatic heterocycles. The molecule has 1 aliphatic rings. The van der Waals surface area contributed by atoms with Gasteiger partial charge in [-0.05, 0) is 41.5 Å². The Bertz CT molecular complexity index is 1170. The van der Waals surface area contributed by atoms with Crippen LogP contribution in [0.25, 0.3) is 0 Å². The largest absolute Gasteiger partial charge is 0.480 e. The molecule has 33 heavy (non-hydrogen) atoms. The van der Waals surface area contributed by atoms with Crippen LogP contribution in [0.3, 0.4) is 0 Å². The van der Waals surface area contributed by atoms with Gasteiger partial charge in [0.15, 0.2) is 5.96 Å². The number of aliphatic imine (C=N–C) groups is 1. The van der Waals surface area contributed by atoms with Crippen molar-refractivity contribution in [3.05, 3.63) is 95.6 Å². The molecule has 8 heteroatoms. The highest BCUT2D eigenvalue weighted by atomic mass is 32.1. The van der Waals surface area contributed by atoms with Crippen molar-refractivity contribution in [2.24, 2.45) is 4.99 Å². The minimum atomic E-state index is -0.989. The molecule has 1 heterocycles. The summed E-state index contributed by atoms with van der Waals surface area (Å²) >= 11 is 4.33. The number of anilines is 2. The number of thiol groups is 1. The summed E-state index contributed by atoms with van der Waals surface area (Å²) in [4.78, 5) is 28.7. The third kappa shape index (κ3) is 5.53. The summed E-state index contributed by atoms with van der Waals surface area (Å²) in [6.07, 6.45) is 0. The maximum Gasteiger partial charge on any atom is 0.317 e. The summed E-state index contributed by atoms with van der Waals surface area (Å²) in [6.45, 7) is 1.52. The predicted molar refractivity (Wildman–Crippen MR) is 133 cm³/mol. The van der Waals surface area contributed by atoms with Crippen LogP contribution in [0.1, 0.15) is 27.4 Å². The third-order valence-corrected chi connectivity index (χ3v) is 5.84. The lowest BCUT2D eigenvalue weighted by Crippen LogP contribution is -2.26. The number of nitrogens with zero attached hydrogens (tertiary/aromatic N) is 1. The maximum absolute atomic E-state index is 12.8. The summed E-state index contributed by atoms with van der Waals surface area (Å²) in [5.41, 5.74) is 3.55. The van der Waals surface area contributed by atoms with Gasteiger partial charge in [-0.1, -0.05) is 48.5 Å². The molecule has 4 rings (SSSR count). The van der Waals surface area contributed by atoms with Crippen molar-refractivity contribution < 1.29 is 14.7 Å². The number of hydrogen-bond acceptors (Lipinski definition) is 6. The minimum Gasteiger partial charge on any atom is -0.480 e. The second kappa shape index (κ2) is 10.2. The van der Waals surface area contributed by atoms with Gasteiger partial charge in [0, 0.05) is 29.4 Å². The summed E-state index contributed by atoms with van der Waals surface area (Å²) in [5, 5.41) is 17.8. The van der Waals surface area contributed by atoms with Crippen LogP contribution in [-0.2, 0) is 4.79 Å². The third-order valence-electron chi connectivity index (χ3n) is 5.32. The fraction of sp³-hybridized carbons (Fsp3) is 0.160. The van der Waals surface area contributed by atoms with E-state index >= 15 is 0 Å². The molecule has 0 saturated carbocycles. The number of aliphatic carboxylic acids is 1. The van der Waals surface area contributed by atoms with Crippen LogP contribution in [-0.4, -0.2) is 41.3 Å². The lowest BCUT2D eigenvalue weighted by molar-refractivity contribution is -0.136. The molecule has 4 N–H and O–H groups in total. The number of carboxylic acids is 1. The van der Waals surface area contributed by atoms with Crippen molar-refractivity contribution >= 4 is 41.8 Å². The monoisotopic (exact) mass is 460 g/mol.